The number of ether oxygens (including phenoxy) is 3. The second-order valence-corrected chi connectivity index (χ2v) is 4.15. The molecule has 0 radical (unpaired) electrons. The molecule has 0 amide bonds. The Hall–Kier alpha value is -3.12. The van der Waals surface area contributed by atoms with Crippen LogP contribution in [0.3, 0.4) is 0 Å². The van der Waals surface area contributed by atoms with E-state index in [1.54, 1.807) is 6.07 Å². The minimum atomic E-state index is -0.890. The number of carbonyl (C=O) groups excluding carboxylic acids is 1. The zero-order valence-electron chi connectivity index (χ0n) is 12.4. The minimum Gasteiger partial charge on any atom is -0.500 e. The van der Waals surface area contributed by atoms with Crippen LogP contribution >= 0.6 is 0 Å². The van der Waals surface area contributed by atoms with Gasteiger partial charge in [-0.3, -0.25) is 10.1 Å². The lowest BCUT2D eigenvalue weighted by atomic mass is 10.1. The molecular weight excluding hydrogens is 308 g/mol. The molecule has 0 saturated carbocycles. The summed E-state index contributed by atoms with van der Waals surface area (Å²) in [5.41, 5.74) is -0.838. The molecule has 9 heteroatoms. The minimum absolute atomic E-state index is 0.0343. The van der Waals surface area contributed by atoms with Gasteiger partial charge in [-0.25, -0.2) is 4.79 Å². The summed E-state index contributed by atoms with van der Waals surface area (Å²) in [6.45, 7) is 0.135. The fourth-order valence-electron chi connectivity index (χ4n) is 1.59. The van der Waals surface area contributed by atoms with Crippen molar-refractivity contribution in [2.75, 3.05) is 27.4 Å². The van der Waals surface area contributed by atoms with Crippen LogP contribution in [0.25, 0.3) is 6.08 Å². The summed E-state index contributed by atoms with van der Waals surface area (Å²) < 4.78 is 14.3. The van der Waals surface area contributed by atoms with Gasteiger partial charge in [0.1, 0.15) is 18.2 Å². The Bertz CT molecular complexity index is 676. The van der Waals surface area contributed by atoms with Crippen LogP contribution in [0.2, 0.25) is 0 Å². The summed E-state index contributed by atoms with van der Waals surface area (Å²) in [6.07, 6.45) is 1.10. The maximum absolute atomic E-state index is 11.7. The zero-order valence-corrected chi connectivity index (χ0v) is 12.4. The highest BCUT2D eigenvalue weighted by Crippen LogP contribution is 2.37. The van der Waals surface area contributed by atoms with E-state index in [1.165, 1.54) is 20.3 Å². The third-order valence-corrected chi connectivity index (χ3v) is 2.67. The molecule has 1 aromatic rings. The number of phenolic OH excluding ortho intramolecular Hbond substituents is 1. The average Bonchev–Trinajstić information content (AvgIpc) is 2.53. The highest BCUT2D eigenvalue weighted by Gasteiger charge is 2.20. The average molecular weight is 322 g/mol. The number of nitriles is 1. The van der Waals surface area contributed by atoms with Crippen molar-refractivity contribution in [3.63, 3.8) is 0 Å². The molecule has 0 heterocycles. The molecule has 0 aromatic heterocycles. The first-order chi connectivity index (χ1) is 10.9. The number of carbonyl (C=O) groups is 1. The number of nitro benzene ring substituents is 1. The monoisotopic (exact) mass is 322 g/mol. The number of hydrogen-bond acceptors (Lipinski definition) is 8. The molecule has 23 heavy (non-hydrogen) atoms. The van der Waals surface area contributed by atoms with Gasteiger partial charge in [-0.2, -0.15) is 5.26 Å². The molecule has 0 aliphatic heterocycles. The SMILES string of the molecule is COCCOC(=O)/C(C#N)=C\c1cc(OC)c(O)c([N+](=O)[O-])c1. The lowest BCUT2D eigenvalue weighted by Gasteiger charge is -2.06. The first kappa shape index (κ1) is 17.9. The number of aromatic hydroxyl groups is 1. The van der Waals surface area contributed by atoms with Gasteiger partial charge < -0.3 is 19.3 Å². The molecule has 0 aliphatic rings. The van der Waals surface area contributed by atoms with Gasteiger partial charge in [-0.05, 0) is 17.7 Å². The van der Waals surface area contributed by atoms with E-state index in [9.17, 15) is 20.0 Å². The van der Waals surface area contributed by atoms with E-state index in [2.05, 4.69) is 0 Å². The van der Waals surface area contributed by atoms with E-state index < -0.39 is 22.3 Å². The van der Waals surface area contributed by atoms with E-state index >= 15 is 0 Å². The molecule has 0 saturated heterocycles. The van der Waals surface area contributed by atoms with Crippen LogP contribution in [0.5, 0.6) is 11.5 Å². The highest BCUT2D eigenvalue weighted by atomic mass is 16.6. The second-order valence-electron chi connectivity index (χ2n) is 4.15. The Balaban J connectivity index is 3.18. The van der Waals surface area contributed by atoms with Crippen molar-refractivity contribution >= 4 is 17.7 Å². The molecular formula is C14H14N2O7. The summed E-state index contributed by atoms with van der Waals surface area (Å²) in [5, 5.41) is 29.6. The normalized spacial score (nSPS) is 10.7. The van der Waals surface area contributed by atoms with Gasteiger partial charge in [0.15, 0.2) is 5.75 Å². The lowest BCUT2D eigenvalue weighted by Crippen LogP contribution is -2.11. The predicted molar refractivity (Wildman–Crippen MR) is 77.7 cm³/mol. The molecule has 1 aromatic carbocycles. The van der Waals surface area contributed by atoms with Crippen molar-refractivity contribution in [2.24, 2.45) is 0 Å². The smallest absolute Gasteiger partial charge is 0.348 e. The van der Waals surface area contributed by atoms with Gasteiger partial charge in [-0.15, -0.1) is 0 Å². The Kier molecular flexibility index (Phi) is 6.51. The highest BCUT2D eigenvalue weighted by molar-refractivity contribution is 5.98. The predicted octanol–water partition coefficient (Wildman–Crippen LogP) is 1.41. The number of methoxy groups -OCH3 is 2. The number of nitro groups is 1. The van der Waals surface area contributed by atoms with Crippen molar-refractivity contribution in [2.45, 2.75) is 0 Å². The van der Waals surface area contributed by atoms with Crippen LogP contribution in [0.1, 0.15) is 5.56 Å². The summed E-state index contributed by atoms with van der Waals surface area (Å²) in [7, 11) is 2.65. The van der Waals surface area contributed by atoms with E-state index in [1.807, 2.05) is 0 Å². The fourth-order valence-corrected chi connectivity index (χ4v) is 1.59. The largest absolute Gasteiger partial charge is 0.500 e. The second kappa shape index (κ2) is 8.35. The number of phenols is 1. The Morgan fingerprint density at radius 2 is 2.13 bits per heavy atom. The molecule has 122 valence electrons. The fraction of sp³-hybridized carbons (Fsp3) is 0.286. The van der Waals surface area contributed by atoms with Crippen LogP contribution < -0.4 is 4.74 Å². The van der Waals surface area contributed by atoms with Gasteiger partial charge in [-0.1, -0.05) is 0 Å². The van der Waals surface area contributed by atoms with Crippen molar-refractivity contribution in [1.29, 1.82) is 5.26 Å². The van der Waals surface area contributed by atoms with Crippen molar-refractivity contribution in [3.05, 3.63) is 33.4 Å². The molecule has 0 atom stereocenters. The first-order valence-electron chi connectivity index (χ1n) is 6.27. The molecule has 0 fully saturated rings. The van der Waals surface area contributed by atoms with Crippen molar-refractivity contribution in [3.8, 4) is 17.6 Å². The third kappa shape index (κ3) is 4.69. The van der Waals surface area contributed by atoms with Gasteiger partial charge in [0.25, 0.3) is 0 Å². The Morgan fingerprint density at radius 1 is 1.43 bits per heavy atom. The van der Waals surface area contributed by atoms with E-state index in [0.29, 0.717) is 0 Å². The first-order valence-corrected chi connectivity index (χ1v) is 6.27. The molecule has 1 rings (SSSR count). The lowest BCUT2D eigenvalue weighted by molar-refractivity contribution is -0.386. The van der Waals surface area contributed by atoms with Gasteiger partial charge in [0.05, 0.1) is 18.6 Å². The van der Waals surface area contributed by atoms with Crippen LogP contribution in [-0.4, -0.2) is 43.4 Å². The third-order valence-electron chi connectivity index (χ3n) is 2.67. The van der Waals surface area contributed by atoms with E-state index in [0.717, 1.165) is 12.1 Å². The van der Waals surface area contributed by atoms with Gasteiger partial charge >= 0.3 is 11.7 Å². The molecule has 1 N–H and O–H groups in total. The van der Waals surface area contributed by atoms with Crippen LogP contribution in [-0.2, 0) is 14.3 Å². The zero-order chi connectivity index (χ0) is 17.4. The van der Waals surface area contributed by atoms with Crippen molar-refractivity contribution in [1.82, 2.24) is 0 Å². The number of esters is 1. The van der Waals surface area contributed by atoms with Gasteiger partial charge in [0.2, 0.25) is 5.75 Å². The number of hydrogen-bond donors (Lipinski definition) is 1. The summed E-state index contributed by atoms with van der Waals surface area (Å²) in [5.74, 6) is -1.69. The number of nitrogens with zero attached hydrogens (tertiary/aromatic N) is 2. The van der Waals surface area contributed by atoms with E-state index in [4.69, 9.17) is 19.5 Å². The maximum atomic E-state index is 11.7. The quantitative estimate of drug-likeness (QED) is 0.199. The maximum Gasteiger partial charge on any atom is 0.348 e. The van der Waals surface area contributed by atoms with E-state index in [-0.39, 0.29) is 30.1 Å². The summed E-state index contributed by atoms with van der Waals surface area (Å²) >= 11 is 0. The molecule has 9 nitrogen and oxygen atoms in total. The molecule has 0 bridgehead atoms. The van der Waals surface area contributed by atoms with Crippen LogP contribution in [0, 0.1) is 21.4 Å². The number of benzene rings is 1. The van der Waals surface area contributed by atoms with Gasteiger partial charge in [0, 0.05) is 13.2 Å². The molecule has 0 aliphatic carbocycles. The van der Waals surface area contributed by atoms with Crippen molar-refractivity contribution < 1.29 is 29.0 Å². The van der Waals surface area contributed by atoms with Crippen LogP contribution in [0.4, 0.5) is 5.69 Å². The van der Waals surface area contributed by atoms with Crippen LogP contribution in [0.15, 0.2) is 17.7 Å². The Labute approximate surface area is 131 Å². The number of rotatable bonds is 7. The molecule has 0 unspecified atom stereocenters. The summed E-state index contributed by atoms with van der Waals surface area (Å²) in [4.78, 5) is 21.8. The topological polar surface area (TPSA) is 132 Å². The summed E-state index contributed by atoms with van der Waals surface area (Å²) in [6, 6.07) is 3.91. The Morgan fingerprint density at radius 3 is 2.65 bits per heavy atom. The standard InChI is InChI=1S/C14H14N2O7/c1-21-3-4-23-14(18)10(8-15)5-9-6-11(16(19)20)13(17)12(7-9)22-2/h5-7,17H,3-4H2,1-2H3/b10-5-. The molecule has 0 spiro atoms.